The smallest absolute Gasteiger partial charge is 0.192 e. The van der Waals surface area contributed by atoms with Gasteiger partial charge in [0.1, 0.15) is 6.07 Å². The molecule has 3 nitrogen and oxygen atoms in total. The molecule has 84 valence electrons. The van der Waals surface area contributed by atoms with Gasteiger partial charge in [0.2, 0.25) is 0 Å². The SMILES string of the molecule is CSc1cccc(Sc2ncccn2)c1C#N. The highest BCUT2D eigenvalue weighted by Crippen LogP contribution is 2.32. The van der Waals surface area contributed by atoms with Crippen molar-refractivity contribution in [3.63, 3.8) is 0 Å². The van der Waals surface area contributed by atoms with Crippen LogP contribution in [0.2, 0.25) is 0 Å². The Morgan fingerprint density at radius 2 is 1.82 bits per heavy atom. The molecular formula is C12H9N3S2. The molecule has 0 aliphatic carbocycles. The lowest BCUT2D eigenvalue weighted by atomic mass is 10.2. The summed E-state index contributed by atoms with van der Waals surface area (Å²) in [6.07, 6.45) is 5.35. The number of nitriles is 1. The molecule has 5 heteroatoms. The minimum absolute atomic E-state index is 0.655. The van der Waals surface area contributed by atoms with Crippen molar-refractivity contribution in [1.29, 1.82) is 5.26 Å². The van der Waals surface area contributed by atoms with Crippen molar-refractivity contribution in [2.75, 3.05) is 6.26 Å². The van der Waals surface area contributed by atoms with E-state index in [1.54, 1.807) is 30.2 Å². The maximum Gasteiger partial charge on any atom is 0.192 e. The van der Waals surface area contributed by atoms with Crippen LogP contribution < -0.4 is 0 Å². The van der Waals surface area contributed by atoms with Crippen molar-refractivity contribution >= 4 is 23.5 Å². The van der Waals surface area contributed by atoms with Gasteiger partial charge in [0.25, 0.3) is 0 Å². The third-order valence-corrected chi connectivity index (χ3v) is 3.80. The molecule has 1 aromatic heterocycles. The van der Waals surface area contributed by atoms with Gasteiger partial charge >= 0.3 is 0 Å². The molecule has 1 heterocycles. The van der Waals surface area contributed by atoms with E-state index in [0.29, 0.717) is 10.7 Å². The van der Waals surface area contributed by atoms with Gasteiger partial charge in [-0.05, 0) is 36.2 Å². The summed E-state index contributed by atoms with van der Waals surface area (Å²) in [5.41, 5.74) is 0.692. The zero-order chi connectivity index (χ0) is 12.1. The monoisotopic (exact) mass is 259 g/mol. The number of benzene rings is 1. The summed E-state index contributed by atoms with van der Waals surface area (Å²) in [4.78, 5) is 10.2. The normalized spacial score (nSPS) is 9.88. The molecule has 2 rings (SSSR count). The summed E-state index contributed by atoms with van der Waals surface area (Å²) in [7, 11) is 0. The van der Waals surface area contributed by atoms with E-state index in [2.05, 4.69) is 16.0 Å². The van der Waals surface area contributed by atoms with E-state index in [4.69, 9.17) is 0 Å². The first-order chi connectivity index (χ1) is 8.35. The number of rotatable bonds is 3. The Bertz CT molecular complexity index is 549. The molecule has 0 saturated carbocycles. The van der Waals surface area contributed by atoms with Gasteiger partial charge in [0, 0.05) is 22.2 Å². The van der Waals surface area contributed by atoms with Gasteiger partial charge in [0.15, 0.2) is 5.16 Å². The molecule has 0 spiro atoms. The molecule has 0 aliphatic rings. The van der Waals surface area contributed by atoms with Crippen LogP contribution in [0.4, 0.5) is 0 Å². The fraction of sp³-hybridized carbons (Fsp3) is 0.0833. The van der Waals surface area contributed by atoms with Gasteiger partial charge in [-0.15, -0.1) is 11.8 Å². The topological polar surface area (TPSA) is 49.6 Å². The highest BCUT2D eigenvalue weighted by atomic mass is 32.2. The van der Waals surface area contributed by atoms with Crippen molar-refractivity contribution in [2.45, 2.75) is 14.9 Å². The molecule has 1 aromatic carbocycles. The van der Waals surface area contributed by atoms with Crippen molar-refractivity contribution in [2.24, 2.45) is 0 Å². The maximum absolute atomic E-state index is 9.19. The molecule has 0 bridgehead atoms. The molecule has 0 radical (unpaired) electrons. The molecule has 0 fully saturated rings. The Labute approximate surface area is 108 Å². The quantitative estimate of drug-likeness (QED) is 0.625. The maximum atomic E-state index is 9.19. The van der Waals surface area contributed by atoms with Crippen molar-refractivity contribution in [3.05, 3.63) is 42.2 Å². The van der Waals surface area contributed by atoms with Crippen molar-refractivity contribution in [3.8, 4) is 6.07 Å². The lowest BCUT2D eigenvalue weighted by Gasteiger charge is -2.05. The lowest BCUT2D eigenvalue weighted by molar-refractivity contribution is 0.966. The molecule has 0 amide bonds. The minimum Gasteiger partial charge on any atom is -0.231 e. The number of aromatic nitrogens is 2. The molecule has 2 aromatic rings. The molecule has 0 N–H and O–H groups in total. The summed E-state index contributed by atoms with van der Waals surface area (Å²) in [6, 6.07) is 9.81. The summed E-state index contributed by atoms with van der Waals surface area (Å²) < 4.78 is 0. The number of hydrogen-bond donors (Lipinski definition) is 0. The van der Waals surface area contributed by atoms with Crippen LogP contribution in [0.25, 0.3) is 0 Å². The fourth-order valence-electron chi connectivity index (χ4n) is 1.31. The van der Waals surface area contributed by atoms with E-state index in [9.17, 15) is 5.26 Å². The fourth-order valence-corrected chi connectivity index (χ4v) is 2.78. The van der Waals surface area contributed by atoms with Gasteiger partial charge in [-0.1, -0.05) is 6.07 Å². The average Bonchev–Trinajstić information content (AvgIpc) is 2.39. The molecule has 0 aliphatic heterocycles. The Balaban J connectivity index is 2.37. The van der Waals surface area contributed by atoms with Crippen molar-refractivity contribution in [1.82, 2.24) is 9.97 Å². The van der Waals surface area contributed by atoms with E-state index in [1.165, 1.54) is 11.8 Å². The van der Waals surface area contributed by atoms with E-state index in [0.717, 1.165) is 9.79 Å². The first-order valence-electron chi connectivity index (χ1n) is 4.87. The molecule has 0 saturated heterocycles. The lowest BCUT2D eigenvalue weighted by Crippen LogP contribution is -1.88. The first-order valence-corrected chi connectivity index (χ1v) is 6.91. The van der Waals surface area contributed by atoms with Crippen LogP contribution in [-0.2, 0) is 0 Å². The second-order valence-corrected chi connectivity index (χ2v) is 4.94. The van der Waals surface area contributed by atoms with Gasteiger partial charge in [-0.2, -0.15) is 5.26 Å². The van der Waals surface area contributed by atoms with Crippen molar-refractivity contribution < 1.29 is 0 Å². The van der Waals surface area contributed by atoms with Crippen LogP contribution in [0.3, 0.4) is 0 Å². The highest BCUT2D eigenvalue weighted by molar-refractivity contribution is 7.99. The average molecular weight is 259 g/mol. The summed E-state index contributed by atoms with van der Waals surface area (Å²) >= 11 is 2.98. The van der Waals surface area contributed by atoms with E-state index in [-0.39, 0.29) is 0 Å². The van der Waals surface area contributed by atoms with Crippen LogP contribution in [-0.4, -0.2) is 16.2 Å². The second-order valence-electron chi connectivity index (χ2n) is 3.08. The molecule has 0 atom stereocenters. The zero-order valence-electron chi connectivity index (χ0n) is 9.12. The standard InChI is InChI=1S/C12H9N3S2/c1-16-10-4-2-5-11(9(10)8-13)17-12-14-6-3-7-15-12/h2-7H,1H3. The predicted octanol–water partition coefficient (Wildman–Crippen LogP) is 3.22. The van der Waals surface area contributed by atoms with Gasteiger partial charge < -0.3 is 0 Å². The predicted molar refractivity (Wildman–Crippen MR) is 69.1 cm³/mol. The Morgan fingerprint density at radius 3 is 2.47 bits per heavy atom. The van der Waals surface area contributed by atoms with Crippen LogP contribution in [0.15, 0.2) is 51.6 Å². The Morgan fingerprint density at radius 1 is 1.12 bits per heavy atom. The number of nitrogens with zero attached hydrogens (tertiary/aromatic N) is 3. The zero-order valence-corrected chi connectivity index (χ0v) is 10.8. The first kappa shape index (κ1) is 12.0. The van der Waals surface area contributed by atoms with E-state index < -0.39 is 0 Å². The van der Waals surface area contributed by atoms with Crippen LogP contribution in [0, 0.1) is 11.3 Å². The van der Waals surface area contributed by atoms with Crippen LogP contribution >= 0.6 is 23.5 Å². The molecule has 17 heavy (non-hydrogen) atoms. The third kappa shape index (κ3) is 2.78. The number of hydrogen-bond acceptors (Lipinski definition) is 5. The largest absolute Gasteiger partial charge is 0.231 e. The van der Waals surface area contributed by atoms with Gasteiger partial charge in [0.05, 0.1) is 5.56 Å². The third-order valence-electron chi connectivity index (χ3n) is 2.06. The summed E-state index contributed by atoms with van der Waals surface area (Å²) in [5, 5.41) is 9.85. The Hall–Kier alpha value is -1.51. The highest BCUT2D eigenvalue weighted by Gasteiger charge is 2.09. The second kappa shape index (κ2) is 5.71. The molecular weight excluding hydrogens is 250 g/mol. The van der Waals surface area contributed by atoms with Gasteiger partial charge in [-0.3, -0.25) is 0 Å². The van der Waals surface area contributed by atoms with E-state index >= 15 is 0 Å². The van der Waals surface area contributed by atoms with Crippen LogP contribution in [0.1, 0.15) is 5.56 Å². The molecule has 0 unspecified atom stereocenters. The van der Waals surface area contributed by atoms with Gasteiger partial charge in [-0.25, -0.2) is 9.97 Å². The number of thioether (sulfide) groups is 1. The Kier molecular flexibility index (Phi) is 4.02. The minimum atomic E-state index is 0.655. The van der Waals surface area contributed by atoms with Crippen LogP contribution in [0.5, 0.6) is 0 Å². The van der Waals surface area contributed by atoms with E-state index in [1.807, 2.05) is 24.5 Å². The summed E-state index contributed by atoms with van der Waals surface area (Å²) in [5.74, 6) is 0. The summed E-state index contributed by atoms with van der Waals surface area (Å²) in [6.45, 7) is 0.